The van der Waals surface area contributed by atoms with E-state index >= 15 is 0 Å². The average Bonchev–Trinajstić information content (AvgIpc) is 2.70. The van der Waals surface area contributed by atoms with E-state index in [9.17, 15) is 9.59 Å². The van der Waals surface area contributed by atoms with Crippen molar-refractivity contribution in [2.24, 2.45) is 0 Å². The van der Waals surface area contributed by atoms with E-state index in [1.54, 1.807) is 6.07 Å². The maximum Gasteiger partial charge on any atom is 0.348 e. The van der Waals surface area contributed by atoms with Crippen LogP contribution < -0.4 is 5.69 Å². The third-order valence-corrected chi connectivity index (χ3v) is 3.37. The Kier molecular flexibility index (Phi) is 3.06. The molecule has 0 radical (unpaired) electrons. The quantitative estimate of drug-likeness (QED) is 0.821. The number of thiophene rings is 1. The number of methoxy groups -OCH3 is 1. The van der Waals surface area contributed by atoms with E-state index in [2.05, 4.69) is 9.97 Å². The Morgan fingerprint density at radius 3 is 2.94 bits per heavy atom. The minimum absolute atomic E-state index is 0.407. The Morgan fingerprint density at radius 2 is 2.29 bits per heavy atom. The van der Waals surface area contributed by atoms with Crippen molar-refractivity contribution >= 4 is 17.3 Å². The molecule has 0 aromatic carbocycles. The summed E-state index contributed by atoms with van der Waals surface area (Å²) in [7, 11) is 1.33. The number of H-pyrrole nitrogens is 1. The maximum absolute atomic E-state index is 11.6. The summed E-state index contributed by atoms with van der Waals surface area (Å²) in [4.78, 5) is 29.4. The molecular formula is C11H10N2O3S. The molecule has 1 N–H and O–H groups in total. The van der Waals surface area contributed by atoms with E-state index < -0.39 is 11.7 Å². The van der Waals surface area contributed by atoms with Crippen LogP contribution in [0.4, 0.5) is 0 Å². The third-order valence-electron chi connectivity index (χ3n) is 2.29. The molecule has 0 amide bonds. The Labute approximate surface area is 101 Å². The molecule has 0 saturated heterocycles. The van der Waals surface area contributed by atoms with Crippen LogP contribution in [-0.2, 0) is 4.74 Å². The van der Waals surface area contributed by atoms with Crippen LogP contribution in [0.2, 0.25) is 0 Å². The van der Waals surface area contributed by atoms with Gasteiger partial charge >= 0.3 is 11.7 Å². The molecule has 0 unspecified atom stereocenters. The summed E-state index contributed by atoms with van der Waals surface area (Å²) in [5.74, 6) is -0.407. The van der Waals surface area contributed by atoms with Crippen molar-refractivity contribution in [1.29, 1.82) is 0 Å². The van der Waals surface area contributed by atoms with Gasteiger partial charge in [0.05, 0.1) is 12.8 Å². The van der Waals surface area contributed by atoms with Crippen LogP contribution in [0.3, 0.4) is 0 Å². The topological polar surface area (TPSA) is 72.0 Å². The minimum Gasteiger partial charge on any atom is -0.465 e. The monoisotopic (exact) mass is 250 g/mol. The van der Waals surface area contributed by atoms with Gasteiger partial charge in [0.2, 0.25) is 0 Å². The zero-order valence-corrected chi connectivity index (χ0v) is 10.1. The number of carbonyl (C=O) groups is 1. The van der Waals surface area contributed by atoms with Crippen molar-refractivity contribution in [1.82, 2.24) is 9.97 Å². The van der Waals surface area contributed by atoms with Crippen molar-refractivity contribution in [3.05, 3.63) is 38.6 Å². The van der Waals surface area contributed by atoms with E-state index in [4.69, 9.17) is 4.74 Å². The molecule has 0 atom stereocenters. The number of carbonyl (C=O) groups excluding carboxylic acids is 1. The van der Waals surface area contributed by atoms with Gasteiger partial charge in [-0.25, -0.2) is 14.6 Å². The fourth-order valence-electron chi connectivity index (χ4n) is 1.54. The van der Waals surface area contributed by atoms with Crippen molar-refractivity contribution in [2.75, 3.05) is 7.11 Å². The summed E-state index contributed by atoms with van der Waals surface area (Å²) in [6.07, 6.45) is 1.41. The number of aryl methyl sites for hydroxylation is 1. The van der Waals surface area contributed by atoms with Crippen LogP contribution >= 0.6 is 11.3 Å². The van der Waals surface area contributed by atoms with Crippen molar-refractivity contribution in [3.63, 3.8) is 0 Å². The summed E-state index contributed by atoms with van der Waals surface area (Å²) in [5.41, 5.74) is 1.74. The van der Waals surface area contributed by atoms with Crippen LogP contribution in [0.1, 0.15) is 15.2 Å². The fourth-order valence-corrected chi connectivity index (χ4v) is 2.52. The number of esters is 1. The third kappa shape index (κ3) is 2.12. The van der Waals surface area contributed by atoms with Crippen LogP contribution in [0.5, 0.6) is 0 Å². The van der Waals surface area contributed by atoms with Gasteiger partial charge in [0.25, 0.3) is 0 Å². The molecule has 17 heavy (non-hydrogen) atoms. The molecule has 0 saturated carbocycles. The van der Waals surface area contributed by atoms with Gasteiger partial charge in [0.1, 0.15) is 4.88 Å². The normalized spacial score (nSPS) is 10.2. The summed E-state index contributed by atoms with van der Waals surface area (Å²) < 4.78 is 4.71. The fraction of sp³-hybridized carbons (Fsp3) is 0.182. The molecular weight excluding hydrogens is 240 g/mol. The first kappa shape index (κ1) is 11.5. The van der Waals surface area contributed by atoms with Crippen molar-refractivity contribution < 1.29 is 9.53 Å². The molecule has 2 rings (SSSR count). The SMILES string of the molecule is COC(=O)c1scc(C)c1-c1ccnc(=O)[nH]1. The summed E-state index contributed by atoms with van der Waals surface area (Å²) in [6.45, 7) is 1.87. The first-order chi connectivity index (χ1) is 8.13. The predicted octanol–water partition coefficient (Wildman–Crippen LogP) is 1.59. The highest BCUT2D eigenvalue weighted by Gasteiger charge is 2.18. The van der Waals surface area contributed by atoms with E-state index in [1.807, 2.05) is 12.3 Å². The first-order valence-corrected chi connectivity index (χ1v) is 5.73. The zero-order valence-electron chi connectivity index (χ0n) is 9.31. The second-order valence-corrected chi connectivity index (χ2v) is 4.28. The predicted molar refractivity (Wildman–Crippen MR) is 64.2 cm³/mol. The lowest BCUT2D eigenvalue weighted by Gasteiger charge is -2.03. The van der Waals surface area contributed by atoms with Crippen molar-refractivity contribution in [3.8, 4) is 11.3 Å². The van der Waals surface area contributed by atoms with E-state index in [-0.39, 0.29) is 0 Å². The summed E-state index contributed by atoms with van der Waals surface area (Å²) in [6, 6.07) is 1.66. The van der Waals surface area contributed by atoms with Gasteiger partial charge in [0, 0.05) is 11.8 Å². The number of aromatic amines is 1. The van der Waals surface area contributed by atoms with Gasteiger partial charge in [0.15, 0.2) is 0 Å². The Balaban J connectivity index is 2.62. The lowest BCUT2D eigenvalue weighted by atomic mass is 10.1. The molecule has 5 nitrogen and oxygen atoms in total. The Morgan fingerprint density at radius 1 is 1.53 bits per heavy atom. The van der Waals surface area contributed by atoms with E-state index in [1.165, 1.54) is 24.6 Å². The van der Waals surface area contributed by atoms with Crippen LogP contribution in [-0.4, -0.2) is 23.0 Å². The number of hydrogen-bond donors (Lipinski definition) is 1. The summed E-state index contributed by atoms with van der Waals surface area (Å²) in [5, 5.41) is 1.85. The van der Waals surface area contributed by atoms with Crippen LogP contribution in [0.15, 0.2) is 22.4 Å². The van der Waals surface area contributed by atoms with Gasteiger partial charge in [-0.3, -0.25) is 0 Å². The highest BCUT2D eigenvalue weighted by Crippen LogP contribution is 2.31. The minimum atomic E-state index is -0.441. The molecule has 0 aliphatic heterocycles. The van der Waals surface area contributed by atoms with Gasteiger partial charge < -0.3 is 9.72 Å². The number of rotatable bonds is 2. The number of nitrogens with one attached hydrogen (secondary N) is 1. The van der Waals surface area contributed by atoms with Gasteiger partial charge in [-0.2, -0.15) is 0 Å². The second kappa shape index (κ2) is 4.50. The lowest BCUT2D eigenvalue weighted by Crippen LogP contribution is -2.10. The second-order valence-electron chi connectivity index (χ2n) is 3.40. The highest BCUT2D eigenvalue weighted by atomic mass is 32.1. The molecule has 2 aromatic heterocycles. The molecule has 0 aliphatic carbocycles. The van der Waals surface area contributed by atoms with Gasteiger partial charge in [-0.15, -0.1) is 11.3 Å². The Bertz CT molecular complexity index is 615. The standard InChI is InChI=1S/C11H10N2O3S/c1-6-5-17-9(10(14)16-2)8(6)7-3-4-12-11(15)13-7/h3-5H,1-2H3,(H,12,13,15). The molecule has 2 heterocycles. The summed E-state index contributed by atoms with van der Waals surface area (Å²) >= 11 is 1.29. The molecule has 0 fully saturated rings. The lowest BCUT2D eigenvalue weighted by molar-refractivity contribution is 0.0607. The average molecular weight is 250 g/mol. The molecule has 88 valence electrons. The zero-order chi connectivity index (χ0) is 12.4. The molecule has 0 bridgehead atoms. The first-order valence-electron chi connectivity index (χ1n) is 4.85. The highest BCUT2D eigenvalue weighted by molar-refractivity contribution is 7.12. The van der Waals surface area contributed by atoms with Crippen molar-refractivity contribution in [2.45, 2.75) is 6.92 Å². The van der Waals surface area contributed by atoms with Crippen LogP contribution in [0.25, 0.3) is 11.3 Å². The number of hydrogen-bond acceptors (Lipinski definition) is 5. The van der Waals surface area contributed by atoms with E-state index in [0.29, 0.717) is 16.1 Å². The molecule has 6 heteroatoms. The van der Waals surface area contributed by atoms with Crippen LogP contribution in [0, 0.1) is 6.92 Å². The molecule has 2 aromatic rings. The molecule has 0 spiro atoms. The number of ether oxygens (including phenoxy) is 1. The molecule has 0 aliphatic rings. The number of aromatic nitrogens is 2. The van der Waals surface area contributed by atoms with Gasteiger partial charge in [-0.1, -0.05) is 0 Å². The number of nitrogens with zero attached hydrogens (tertiary/aromatic N) is 1. The largest absolute Gasteiger partial charge is 0.465 e. The van der Waals surface area contributed by atoms with E-state index in [0.717, 1.165) is 5.56 Å². The Hall–Kier alpha value is -1.95. The smallest absolute Gasteiger partial charge is 0.348 e. The maximum atomic E-state index is 11.6. The van der Waals surface area contributed by atoms with Gasteiger partial charge in [-0.05, 0) is 23.9 Å².